The Balaban J connectivity index is 0. The highest BCUT2D eigenvalue weighted by atomic mass is 16.4. The molecule has 0 bridgehead atoms. The lowest BCUT2D eigenvalue weighted by molar-refractivity contribution is -0.142. The van der Waals surface area contributed by atoms with E-state index in [1.54, 1.807) is 13.8 Å². The number of hydrogen-bond donors (Lipinski definition) is 2. The van der Waals surface area contributed by atoms with Gasteiger partial charge in [0.05, 0.1) is 11.8 Å². The average Bonchev–Trinajstić information content (AvgIpc) is 2.15. The number of aliphatic carboxylic acids is 2. The zero-order chi connectivity index (χ0) is 11.7. The Labute approximate surface area is 84.9 Å². The summed E-state index contributed by atoms with van der Waals surface area (Å²) in [7, 11) is 0. The van der Waals surface area contributed by atoms with Gasteiger partial charge < -0.3 is 10.2 Å². The molecule has 0 aliphatic carbocycles. The Kier molecular flexibility index (Phi) is 9.40. The molecule has 0 saturated heterocycles. The normalized spacial score (nSPS) is 13.4. The lowest BCUT2D eigenvalue weighted by Gasteiger charge is -1.96. The van der Waals surface area contributed by atoms with Crippen molar-refractivity contribution in [1.29, 1.82) is 0 Å². The van der Waals surface area contributed by atoms with E-state index in [0.29, 0.717) is 0 Å². The monoisotopic (exact) mass is 204 g/mol. The van der Waals surface area contributed by atoms with Crippen molar-refractivity contribution in [3.05, 3.63) is 0 Å². The molecule has 0 aliphatic rings. The highest BCUT2D eigenvalue weighted by Crippen LogP contribution is 1.98. The van der Waals surface area contributed by atoms with Gasteiger partial charge in [-0.25, -0.2) is 0 Å². The van der Waals surface area contributed by atoms with Gasteiger partial charge in [0.15, 0.2) is 0 Å². The van der Waals surface area contributed by atoms with Crippen LogP contribution in [0.4, 0.5) is 0 Å². The lowest BCUT2D eigenvalue weighted by atomic mass is 10.1. The van der Waals surface area contributed by atoms with E-state index in [-0.39, 0.29) is 11.8 Å². The molecule has 84 valence electrons. The molecule has 0 amide bonds. The van der Waals surface area contributed by atoms with Crippen LogP contribution in [0.15, 0.2) is 0 Å². The van der Waals surface area contributed by atoms with Crippen LogP contribution in [0.5, 0.6) is 0 Å². The predicted octanol–water partition coefficient (Wildman–Crippen LogP) is 2.23. The largest absolute Gasteiger partial charge is 0.481 e. The second-order valence-corrected chi connectivity index (χ2v) is 3.30. The molecule has 0 rings (SSSR count). The summed E-state index contributed by atoms with van der Waals surface area (Å²) >= 11 is 0. The van der Waals surface area contributed by atoms with Gasteiger partial charge in [0.25, 0.3) is 0 Å². The van der Waals surface area contributed by atoms with Crippen molar-refractivity contribution < 1.29 is 19.8 Å². The van der Waals surface area contributed by atoms with E-state index >= 15 is 0 Å². The second kappa shape index (κ2) is 8.53. The molecule has 2 atom stereocenters. The van der Waals surface area contributed by atoms with Crippen LogP contribution in [-0.2, 0) is 9.59 Å². The van der Waals surface area contributed by atoms with Gasteiger partial charge in [0.1, 0.15) is 0 Å². The van der Waals surface area contributed by atoms with Crippen molar-refractivity contribution in [3.63, 3.8) is 0 Å². The molecule has 14 heavy (non-hydrogen) atoms. The fourth-order valence-corrected chi connectivity index (χ4v) is 0.349. The molecule has 0 radical (unpaired) electrons. The quantitative estimate of drug-likeness (QED) is 0.736. The molecule has 0 aliphatic heterocycles. The molecule has 2 N–H and O–H groups in total. The zero-order valence-electron chi connectivity index (χ0n) is 9.28. The van der Waals surface area contributed by atoms with Crippen LogP contribution in [0.3, 0.4) is 0 Å². The van der Waals surface area contributed by atoms with Crippen molar-refractivity contribution in [1.82, 2.24) is 0 Å². The van der Waals surface area contributed by atoms with E-state index in [0.717, 1.165) is 12.8 Å². The Hall–Kier alpha value is -1.06. The van der Waals surface area contributed by atoms with Crippen LogP contribution in [0.25, 0.3) is 0 Å². The van der Waals surface area contributed by atoms with Gasteiger partial charge >= 0.3 is 11.9 Å². The maximum atomic E-state index is 9.93. The Morgan fingerprint density at radius 1 is 0.929 bits per heavy atom. The predicted molar refractivity (Wildman–Crippen MR) is 54.2 cm³/mol. The van der Waals surface area contributed by atoms with E-state index in [4.69, 9.17) is 10.2 Å². The maximum Gasteiger partial charge on any atom is 0.306 e. The average molecular weight is 204 g/mol. The van der Waals surface area contributed by atoms with Gasteiger partial charge in [-0.1, -0.05) is 27.7 Å². The van der Waals surface area contributed by atoms with Crippen molar-refractivity contribution >= 4 is 11.9 Å². The van der Waals surface area contributed by atoms with Crippen molar-refractivity contribution in [2.45, 2.75) is 40.5 Å². The number of carboxylic acid groups (broad SMARTS) is 2. The standard InChI is InChI=1S/2C5H10O2/c2*1-3-4(2)5(6)7/h2*4H,3H2,1-2H3,(H,6,7). The number of hydrogen-bond acceptors (Lipinski definition) is 2. The summed E-state index contributed by atoms with van der Waals surface area (Å²) in [5.74, 6) is -1.77. The third kappa shape index (κ3) is 9.03. The molecule has 0 aromatic carbocycles. The van der Waals surface area contributed by atoms with E-state index in [2.05, 4.69) is 0 Å². The highest BCUT2D eigenvalue weighted by molar-refractivity contribution is 5.69. The SMILES string of the molecule is CCC(C)C(=O)O.CCC(C)C(=O)O. The summed E-state index contributed by atoms with van der Waals surface area (Å²) in [6, 6.07) is 0. The van der Waals surface area contributed by atoms with Crippen LogP contribution in [0.1, 0.15) is 40.5 Å². The van der Waals surface area contributed by atoms with Gasteiger partial charge in [0.2, 0.25) is 0 Å². The first-order chi connectivity index (χ1) is 6.36. The minimum atomic E-state index is -0.706. The maximum absolute atomic E-state index is 9.93. The topological polar surface area (TPSA) is 74.6 Å². The first-order valence-electron chi connectivity index (χ1n) is 4.82. The van der Waals surface area contributed by atoms with Crippen LogP contribution in [-0.4, -0.2) is 22.2 Å². The Morgan fingerprint density at radius 3 is 1.14 bits per heavy atom. The number of carboxylic acids is 2. The van der Waals surface area contributed by atoms with E-state index < -0.39 is 11.9 Å². The molecule has 0 heterocycles. The van der Waals surface area contributed by atoms with Crippen molar-refractivity contribution in [2.75, 3.05) is 0 Å². The van der Waals surface area contributed by atoms with Crippen LogP contribution < -0.4 is 0 Å². The van der Waals surface area contributed by atoms with Gasteiger partial charge in [-0.05, 0) is 12.8 Å². The smallest absolute Gasteiger partial charge is 0.306 e. The molecule has 0 saturated carbocycles. The Bertz CT molecular complexity index is 157. The highest BCUT2D eigenvalue weighted by Gasteiger charge is 2.05. The molecule has 0 aromatic rings. The van der Waals surface area contributed by atoms with Crippen LogP contribution in [0, 0.1) is 11.8 Å². The lowest BCUT2D eigenvalue weighted by Crippen LogP contribution is -2.06. The molecular formula is C10H20O4. The molecule has 4 nitrogen and oxygen atoms in total. The first kappa shape index (κ1) is 15.4. The minimum Gasteiger partial charge on any atom is -0.481 e. The molecule has 4 heteroatoms. The van der Waals surface area contributed by atoms with E-state index in [9.17, 15) is 9.59 Å². The first-order valence-corrected chi connectivity index (χ1v) is 4.82. The van der Waals surface area contributed by atoms with Gasteiger partial charge in [-0.3, -0.25) is 9.59 Å². The fraction of sp³-hybridized carbons (Fsp3) is 0.800. The van der Waals surface area contributed by atoms with Gasteiger partial charge in [0, 0.05) is 0 Å². The van der Waals surface area contributed by atoms with Crippen molar-refractivity contribution in [2.24, 2.45) is 11.8 Å². The van der Waals surface area contributed by atoms with Crippen molar-refractivity contribution in [3.8, 4) is 0 Å². The Morgan fingerprint density at radius 2 is 1.14 bits per heavy atom. The fourth-order valence-electron chi connectivity index (χ4n) is 0.349. The third-order valence-electron chi connectivity index (χ3n) is 2.07. The van der Waals surface area contributed by atoms with Crippen LogP contribution in [0.2, 0.25) is 0 Å². The molecule has 2 unspecified atom stereocenters. The zero-order valence-corrected chi connectivity index (χ0v) is 9.28. The summed E-state index contributed by atoms with van der Waals surface area (Å²) in [5, 5.41) is 16.4. The molecule has 0 fully saturated rings. The molecule has 0 spiro atoms. The summed E-state index contributed by atoms with van der Waals surface area (Å²) in [5.41, 5.74) is 0. The van der Waals surface area contributed by atoms with Gasteiger partial charge in [-0.15, -0.1) is 0 Å². The summed E-state index contributed by atoms with van der Waals surface area (Å²) < 4.78 is 0. The summed E-state index contributed by atoms with van der Waals surface area (Å²) in [4.78, 5) is 19.9. The summed E-state index contributed by atoms with van der Waals surface area (Å²) in [6.45, 7) is 7.11. The number of carbonyl (C=O) groups is 2. The molecule has 0 aromatic heterocycles. The second-order valence-electron chi connectivity index (χ2n) is 3.30. The number of rotatable bonds is 4. The van der Waals surface area contributed by atoms with E-state index in [1.165, 1.54) is 0 Å². The third-order valence-corrected chi connectivity index (χ3v) is 2.07. The van der Waals surface area contributed by atoms with E-state index in [1.807, 2.05) is 13.8 Å². The molecular weight excluding hydrogens is 184 g/mol. The van der Waals surface area contributed by atoms with Gasteiger partial charge in [-0.2, -0.15) is 0 Å². The summed E-state index contributed by atoms with van der Waals surface area (Å²) in [6.07, 6.45) is 1.44. The van der Waals surface area contributed by atoms with Crippen LogP contribution >= 0.6 is 0 Å². The minimum absolute atomic E-state index is 0.181.